The lowest BCUT2D eigenvalue weighted by molar-refractivity contribution is -0.132. The molecule has 1 saturated heterocycles. The van der Waals surface area contributed by atoms with Gasteiger partial charge in [-0.1, -0.05) is 54.6 Å². The minimum absolute atomic E-state index is 0.265. The molecule has 29 heavy (non-hydrogen) atoms. The molecule has 1 N–H and O–H groups in total. The molecule has 4 aromatic rings. The van der Waals surface area contributed by atoms with Gasteiger partial charge >= 0.3 is 0 Å². The number of aromatic nitrogens is 2. The van der Waals surface area contributed by atoms with Gasteiger partial charge in [0.2, 0.25) is 5.91 Å². The molecule has 0 aliphatic carbocycles. The van der Waals surface area contributed by atoms with Gasteiger partial charge in [0.05, 0.1) is 11.0 Å². The van der Waals surface area contributed by atoms with Gasteiger partial charge in [0.1, 0.15) is 5.82 Å². The van der Waals surface area contributed by atoms with Gasteiger partial charge in [0.25, 0.3) is 0 Å². The highest BCUT2D eigenvalue weighted by molar-refractivity contribution is 5.83. The molecule has 0 unspecified atom stereocenters. The monoisotopic (exact) mass is 383 g/mol. The fraction of sp³-hybridized carbons (Fsp3) is 0.280. The third-order valence-corrected chi connectivity index (χ3v) is 6.08. The molecule has 0 radical (unpaired) electrons. The number of likely N-dealkylation sites (tertiary alicyclic amines) is 1. The van der Waals surface area contributed by atoms with Gasteiger partial charge in [0.15, 0.2) is 0 Å². The maximum atomic E-state index is 12.7. The molecule has 5 rings (SSSR count). The first kappa shape index (κ1) is 17.9. The average molecular weight is 383 g/mol. The van der Waals surface area contributed by atoms with E-state index in [1.165, 1.54) is 16.3 Å². The molecule has 1 fully saturated rings. The maximum absolute atomic E-state index is 12.7. The minimum atomic E-state index is 0.265. The predicted molar refractivity (Wildman–Crippen MR) is 117 cm³/mol. The summed E-state index contributed by atoms with van der Waals surface area (Å²) in [6, 6.07) is 23.0. The van der Waals surface area contributed by atoms with Crippen LogP contribution in [0.4, 0.5) is 0 Å². The van der Waals surface area contributed by atoms with Crippen LogP contribution in [0.3, 0.4) is 0 Å². The number of hydrogen-bond donors (Lipinski definition) is 1. The van der Waals surface area contributed by atoms with E-state index in [2.05, 4.69) is 53.5 Å². The van der Waals surface area contributed by atoms with Crippen molar-refractivity contribution in [3.05, 3.63) is 78.1 Å². The van der Waals surface area contributed by atoms with Gasteiger partial charge in [-0.05, 0) is 47.7 Å². The Kier molecular flexibility index (Phi) is 4.76. The average Bonchev–Trinajstić information content (AvgIpc) is 3.22. The number of rotatable bonds is 4. The third-order valence-electron chi connectivity index (χ3n) is 6.08. The zero-order valence-electron chi connectivity index (χ0n) is 16.5. The molecular weight excluding hydrogens is 358 g/mol. The van der Waals surface area contributed by atoms with Crippen LogP contribution < -0.4 is 0 Å². The fourth-order valence-corrected chi connectivity index (χ4v) is 4.37. The Labute approximate surface area is 170 Å². The van der Waals surface area contributed by atoms with Gasteiger partial charge in [-0.2, -0.15) is 0 Å². The summed E-state index contributed by atoms with van der Waals surface area (Å²) in [4.78, 5) is 23.0. The van der Waals surface area contributed by atoms with Gasteiger partial charge in [-0.25, -0.2) is 4.98 Å². The Bertz CT molecular complexity index is 1120. The number of amides is 1. The zero-order chi connectivity index (χ0) is 19.6. The Morgan fingerprint density at radius 1 is 0.966 bits per heavy atom. The molecule has 1 aliphatic rings. The van der Waals surface area contributed by atoms with Crippen molar-refractivity contribution in [2.75, 3.05) is 13.1 Å². The number of aromatic amines is 1. The van der Waals surface area contributed by atoms with Gasteiger partial charge in [-0.3, -0.25) is 4.79 Å². The van der Waals surface area contributed by atoms with Gasteiger partial charge < -0.3 is 9.88 Å². The molecule has 0 bridgehead atoms. The normalized spacial score (nSPS) is 15.2. The summed E-state index contributed by atoms with van der Waals surface area (Å²) in [7, 11) is 0. The molecule has 3 aromatic carbocycles. The summed E-state index contributed by atoms with van der Waals surface area (Å²) in [6.45, 7) is 1.64. The van der Waals surface area contributed by atoms with Crippen LogP contribution in [0.25, 0.3) is 21.8 Å². The van der Waals surface area contributed by atoms with E-state index in [-0.39, 0.29) is 5.91 Å². The number of hydrogen-bond acceptors (Lipinski definition) is 2. The number of aryl methyl sites for hydroxylation is 1. The van der Waals surface area contributed by atoms with E-state index < -0.39 is 0 Å². The lowest BCUT2D eigenvalue weighted by atomic mass is 9.95. The van der Waals surface area contributed by atoms with Crippen molar-refractivity contribution >= 4 is 27.7 Å². The summed E-state index contributed by atoms with van der Waals surface area (Å²) >= 11 is 0. The molecule has 2 heterocycles. The Morgan fingerprint density at radius 3 is 2.55 bits per heavy atom. The number of H-pyrrole nitrogens is 1. The van der Waals surface area contributed by atoms with E-state index in [0.29, 0.717) is 12.3 Å². The van der Waals surface area contributed by atoms with Crippen LogP contribution in [0.1, 0.15) is 36.6 Å². The van der Waals surface area contributed by atoms with Crippen molar-refractivity contribution in [1.29, 1.82) is 0 Å². The molecule has 1 aromatic heterocycles. The molecule has 0 spiro atoms. The summed E-state index contributed by atoms with van der Waals surface area (Å²) < 4.78 is 0. The summed E-state index contributed by atoms with van der Waals surface area (Å²) in [6.07, 6.45) is 3.32. The second-order valence-electron chi connectivity index (χ2n) is 7.98. The van der Waals surface area contributed by atoms with Crippen molar-refractivity contribution in [2.24, 2.45) is 0 Å². The second-order valence-corrected chi connectivity index (χ2v) is 7.98. The lowest BCUT2D eigenvalue weighted by Crippen LogP contribution is -2.38. The Balaban J connectivity index is 1.17. The molecular formula is C25H25N3O. The van der Waals surface area contributed by atoms with Crippen LogP contribution in [0.15, 0.2) is 66.7 Å². The highest BCUT2D eigenvalue weighted by Crippen LogP contribution is 2.28. The van der Waals surface area contributed by atoms with Gasteiger partial charge in [0, 0.05) is 25.4 Å². The fourth-order valence-electron chi connectivity index (χ4n) is 4.37. The number of carbonyl (C=O) groups is 1. The first-order valence-electron chi connectivity index (χ1n) is 10.5. The maximum Gasteiger partial charge on any atom is 0.222 e. The molecule has 4 heteroatoms. The van der Waals surface area contributed by atoms with Crippen molar-refractivity contribution in [3.8, 4) is 0 Å². The third kappa shape index (κ3) is 3.75. The van der Waals surface area contributed by atoms with Crippen molar-refractivity contribution in [2.45, 2.75) is 31.6 Å². The van der Waals surface area contributed by atoms with Gasteiger partial charge in [-0.15, -0.1) is 0 Å². The Hall–Kier alpha value is -3.14. The lowest BCUT2D eigenvalue weighted by Gasteiger charge is -2.31. The zero-order valence-corrected chi connectivity index (χ0v) is 16.5. The SMILES string of the molecule is O=C(CCc1ccc2ccccc2c1)N1CCC(c2nc3ccccc3[nH]2)CC1. The van der Waals surface area contributed by atoms with Crippen LogP contribution in [0.2, 0.25) is 0 Å². The molecule has 146 valence electrons. The van der Waals surface area contributed by atoms with E-state index in [0.717, 1.165) is 49.2 Å². The number of benzene rings is 3. The van der Waals surface area contributed by atoms with Crippen LogP contribution in [0, 0.1) is 0 Å². The van der Waals surface area contributed by atoms with E-state index >= 15 is 0 Å². The number of imidazole rings is 1. The molecule has 0 atom stereocenters. The molecule has 0 saturated carbocycles. The number of para-hydroxylation sites is 2. The van der Waals surface area contributed by atoms with Crippen LogP contribution in [-0.4, -0.2) is 33.9 Å². The first-order chi connectivity index (χ1) is 14.3. The number of nitrogens with one attached hydrogen (secondary N) is 1. The number of fused-ring (bicyclic) bond motifs is 2. The first-order valence-corrected chi connectivity index (χ1v) is 10.5. The van der Waals surface area contributed by atoms with Crippen LogP contribution in [0.5, 0.6) is 0 Å². The van der Waals surface area contributed by atoms with E-state index in [9.17, 15) is 4.79 Å². The molecule has 4 nitrogen and oxygen atoms in total. The highest BCUT2D eigenvalue weighted by atomic mass is 16.2. The highest BCUT2D eigenvalue weighted by Gasteiger charge is 2.25. The van der Waals surface area contributed by atoms with E-state index in [1.807, 2.05) is 23.1 Å². The van der Waals surface area contributed by atoms with Crippen molar-refractivity contribution in [1.82, 2.24) is 14.9 Å². The van der Waals surface area contributed by atoms with Crippen molar-refractivity contribution < 1.29 is 4.79 Å². The summed E-state index contributed by atoms with van der Waals surface area (Å²) in [5, 5.41) is 2.49. The predicted octanol–water partition coefficient (Wildman–Crippen LogP) is 5.05. The van der Waals surface area contributed by atoms with E-state index in [4.69, 9.17) is 4.98 Å². The topological polar surface area (TPSA) is 49.0 Å². The number of piperidine rings is 1. The largest absolute Gasteiger partial charge is 0.343 e. The number of nitrogens with zero attached hydrogens (tertiary/aromatic N) is 2. The van der Waals surface area contributed by atoms with Crippen molar-refractivity contribution in [3.63, 3.8) is 0 Å². The van der Waals surface area contributed by atoms with Crippen LogP contribution in [-0.2, 0) is 11.2 Å². The smallest absolute Gasteiger partial charge is 0.222 e. The van der Waals surface area contributed by atoms with Crippen LogP contribution >= 0.6 is 0 Å². The molecule has 1 aliphatic heterocycles. The standard InChI is InChI=1S/C25H25N3O/c29-24(12-10-18-9-11-19-5-1-2-6-21(19)17-18)28-15-13-20(14-16-28)25-26-22-7-3-4-8-23(22)27-25/h1-9,11,17,20H,10,12-16H2,(H,26,27). The quantitative estimate of drug-likeness (QED) is 0.536. The molecule has 1 amide bonds. The summed E-state index contributed by atoms with van der Waals surface area (Å²) in [5.41, 5.74) is 3.35. The van der Waals surface area contributed by atoms with E-state index in [1.54, 1.807) is 0 Å². The second kappa shape index (κ2) is 7.70. The minimum Gasteiger partial charge on any atom is -0.343 e. The Morgan fingerprint density at radius 2 is 1.72 bits per heavy atom. The summed E-state index contributed by atoms with van der Waals surface area (Å²) in [5.74, 6) is 1.74. The number of carbonyl (C=O) groups excluding carboxylic acids is 1.